The summed E-state index contributed by atoms with van der Waals surface area (Å²) in [6.45, 7) is 0. The maximum Gasteiger partial charge on any atom is 0.354 e. The molecule has 8 heteroatoms. The van der Waals surface area contributed by atoms with Crippen molar-refractivity contribution in [2.45, 2.75) is 25.7 Å². The van der Waals surface area contributed by atoms with Gasteiger partial charge in [0.2, 0.25) is 0 Å². The zero-order chi connectivity index (χ0) is 43.6. The number of hydrogen-bond donors (Lipinski definition) is 2. The summed E-state index contributed by atoms with van der Waals surface area (Å²) >= 11 is 0. The van der Waals surface area contributed by atoms with Gasteiger partial charge in [-0.1, -0.05) is 121 Å². The molecule has 0 aliphatic carbocycles. The number of benzene rings is 7. The van der Waals surface area contributed by atoms with Crippen LogP contribution in [-0.2, 0) is 45.8 Å². The second-order valence-corrected chi connectivity index (χ2v) is 16.0. The summed E-state index contributed by atoms with van der Waals surface area (Å²) in [6.07, 6.45) is 8.05. The Morgan fingerprint density at radius 3 is 1.48 bits per heavy atom. The van der Waals surface area contributed by atoms with Gasteiger partial charge >= 0.3 is 11.9 Å². The molecule has 10 aromatic rings. The van der Waals surface area contributed by atoms with Gasteiger partial charge in [-0.3, -0.25) is 0 Å². The minimum absolute atomic E-state index is 0. The fourth-order valence-corrected chi connectivity index (χ4v) is 8.84. The predicted octanol–water partition coefficient (Wildman–Crippen LogP) is 12.8. The Morgan fingerprint density at radius 1 is 0.415 bits per heavy atom. The van der Waals surface area contributed by atoms with Gasteiger partial charge in [0.25, 0.3) is 0 Å². The zero-order valence-corrected chi connectivity index (χ0v) is 37.4. The Kier molecular flexibility index (Phi) is 12.2. The van der Waals surface area contributed by atoms with Gasteiger partial charge in [0.1, 0.15) is 11.4 Å². The molecule has 7 nitrogen and oxygen atoms in total. The summed E-state index contributed by atoms with van der Waals surface area (Å²) in [7, 11) is 0. The molecule has 2 N–H and O–H groups in total. The van der Waals surface area contributed by atoms with Gasteiger partial charge in [-0.25, -0.2) is 19.6 Å². The smallest absolute Gasteiger partial charge is 0.354 e. The fourth-order valence-electron chi connectivity index (χ4n) is 8.84. The molecular weight excluding hydrogens is 983 g/mol. The Balaban J connectivity index is 0.00000533. The Hall–Kier alpha value is -7.64. The number of fused-ring (bicyclic) bond motifs is 6. The van der Waals surface area contributed by atoms with Crippen molar-refractivity contribution in [3.63, 3.8) is 0 Å². The monoisotopic (exact) mass is 1020 g/mol. The first-order chi connectivity index (χ1) is 31.4. The third-order valence-electron chi connectivity index (χ3n) is 12.0. The van der Waals surface area contributed by atoms with Crippen LogP contribution in [0.5, 0.6) is 0 Å². The minimum atomic E-state index is -1.05. The Bertz CT molecular complexity index is 3280. The molecule has 65 heavy (non-hydrogen) atoms. The molecular formula is C57H40IrN3O4-. The molecule has 0 spiro atoms. The normalized spacial score (nSPS) is 11.1. The van der Waals surface area contributed by atoms with E-state index >= 15 is 0 Å². The van der Waals surface area contributed by atoms with Crippen LogP contribution in [0.15, 0.2) is 182 Å². The van der Waals surface area contributed by atoms with Crippen molar-refractivity contribution in [1.29, 1.82) is 0 Å². The van der Waals surface area contributed by atoms with E-state index in [-0.39, 0.29) is 31.5 Å². The van der Waals surface area contributed by atoms with Crippen LogP contribution in [0, 0.1) is 6.07 Å². The van der Waals surface area contributed by atoms with Crippen molar-refractivity contribution in [2.24, 2.45) is 0 Å². The molecule has 7 aromatic carbocycles. The molecule has 0 amide bonds. The third-order valence-corrected chi connectivity index (χ3v) is 12.0. The largest absolute Gasteiger partial charge is 0.477 e. The standard InChI is InChI=1S/C57H40N3O4.Ir/c61-56(62)53-26-22-36(33-58-53)18-20-38-28-39(21-19-37-23-27-54(57(63)64)59-34-37)30-42(29-38)43-12-4-5-13-44(43)52-35-60-55(40-10-2-1-3-11-40)32-50(52)41-24-25-49-47-16-7-6-14-45(47)46-15-8-9-17-48(46)51(49)31-41;/h1-10,12-17,22-35H,18-21H2,(H,61,62)(H,63,64);/q-1;. The van der Waals surface area contributed by atoms with E-state index in [0.29, 0.717) is 25.7 Å². The van der Waals surface area contributed by atoms with Crippen molar-refractivity contribution in [3.05, 3.63) is 222 Å². The molecule has 0 bridgehead atoms. The van der Waals surface area contributed by atoms with Gasteiger partial charge in [-0.2, -0.15) is 0 Å². The molecule has 0 aliphatic rings. The molecule has 3 aromatic heterocycles. The number of carboxylic acids is 2. The maximum atomic E-state index is 11.5. The second-order valence-electron chi connectivity index (χ2n) is 16.0. The van der Waals surface area contributed by atoms with Crippen molar-refractivity contribution < 1.29 is 39.9 Å². The molecule has 0 aliphatic heterocycles. The van der Waals surface area contributed by atoms with Crippen molar-refractivity contribution in [2.75, 3.05) is 0 Å². The quantitative estimate of drug-likeness (QED) is 0.0925. The summed E-state index contributed by atoms with van der Waals surface area (Å²) < 4.78 is 0. The van der Waals surface area contributed by atoms with Crippen molar-refractivity contribution in [1.82, 2.24) is 15.0 Å². The molecule has 0 unspecified atom stereocenters. The van der Waals surface area contributed by atoms with E-state index in [0.717, 1.165) is 66.9 Å². The van der Waals surface area contributed by atoms with Crippen molar-refractivity contribution >= 4 is 44.3 Å². The van der Waals surface area contributed by atoms with Gasteiger partial charge in [-0.15, -0.1) is 35.9 Å². The molecule has 0 saturated carbocycles. The summed E-state index contributed by atoms with van der Waals surface area (Å²) in [6, 6.07) is 59.6. The first kappa shape index (κ1) is 42.7. The predicted molar refractivity (Wildman–Crippen MR) is 255 cm³/mol. The van der Waals surface area contributed by atoms with E-state index in [9.17, 15) is 19.8 Å². The Labute approximate surface area is 389 Å². The summed E-state index contributed by atoms with van der Waals surface area (Å²) in [4.78, 5) is 36.3. The van der Waals surface area contributed by atoms with E-state index in [1.54, 1.807) is 24.5 Å². The average molecular weight is 1020 g/mol. The van der Waals surface area contributed by atoms with Crippen LogP contribution in [0.3, 0.4) is 0 Å². The van der Waals surface area contributed by atoms with E-state index in [4.69, 9.17) is 4.98 Å². The summed E-state index contributed by atoms with van der Waals surface area (Å²) in [5, 5.41) is 26.1. The van der Waals surface area contributed by atoms with Crippen LogP contribution < -0.4 is 0 Å². The Morgan fingerprint density at radius 2 is 0.938 bits per heavy atom. The van der Waals surface area contributed by atoms with E-state index in [1.807, 2.05) is 42.6 Å². The van der Waals surface area contributed by atoms with Gasteiger partial charge in [0.15, 0.2) is 0 Å². The van der Waals surface area contributed by atoms with E-state index in [2.05, 4.69) is 131 Å². The first-order valence-electron chi connectivity index (χ1n) is 21.3. The van der Waals surface area contributed by atoms with Crippen LogP contribution in [-0.4, -0.2) is 37.1 Å². The second kappa shape index (κ2) is 18.6. The van der Waals surface area contributed by atoms with E-state index < -0.39 is 11.9 Å². The first-order valence-corrected chi connectivity index (χ1v) is 21.3. The molecule has 0 atom stereocenters. The number of hydrogen-bond acceptors (Lipinski definition) is 5. The molecule has 317 valence electrons. The van der Waals surface area contributed by atoms with Gasteiger partial charge < -0.3 is 15.2 Å². The SMILES string of the molecule is O=C(O)c1ccc(CCc2cc(CCc3ccc(C(=O)O)nc3)cc(-c3ccccc3-c3cnc(-c4[c-]cccc4)cc3-c3ccc4c5ccccc5c5ccccc5c4c3)c2)cn1.[Ir]. The molecule has 1 radical (unpaired) electrons. The zero-order valence-electron chi connectivity index (χ0n) is 35.0. The summed E-state index contributed by atoms with van der Waals surface area (Å²) in [5.41, 5.74) is 12.2. The fraction of sp³-hybridized carbons (Fsp3) is 0.0702. The number of aromatic carboxylic acids is 2. The molecule has 0 fully saturated rings. The van der Waals surface area contributed by atoms with Gasteiger partial charge in [0, 0.05) is 44.3 Å². The third kappa shape index (κ3) is 8.83. The number of rotatable bonds is 12. The van der Waals surface area contributed by atoms with Crippen molar-refractivity contribution in [3.8, 4) is 44.6 Å². The minimum Gasteiger partial charge on any atom is -0.477 e. The van der Waals surface area contributed by atoms with Gasteiger partial charge in [-0.05, 0) is 132 Å². The number of aryl methyl sites for hydroxylation is 4. The van der Waals surface area contributed by atoms with Crippen LogP contribution in [0.2, 0.25) is 0 Å². The van der Waals surface area contributed by atoms with Crippen LogP contribution in [0.25, 0.3) is 77.0 Å². The number of nitrogens with zero attached hydrogens (tertiary/aromatic N) is 3. The van der Waals surface area contributed by atoms with Crippen LogP contribution in [0.4, 0.5) is 0 Å². The number of carbonyl (C=O) groups is 2. The number of carboxylic acid groups (broad SMARTS) is 2. The molecule has 10 rings (SSSR count). The summed E-state index contributed by atoms with van der Waals surface area (Å²) in [5.74, 6) is -2.10. The van der Waals surface area contributed by atoms with E-state index in [1.165, 1.54) is 32.3 Å². The topological polar surface area (TPSA) is 113 Å². The van der Waals surface area contributed by atoms with Crippen LogP contribution in [0.1, 0.15) is 43.2 Å². The van der Waals surface area contributed by atoms with Crippen LogP contribution >= 0.6 is 0 Å². The maximum absolute atomic E-state index is 11.5. The van der Waals surface area contributed by atoms with Gasteiger partial charge in [0.05, 0.1) is 0 Å². The number of pyridine rings is 3. The molecule has 0 saturated heterocycles. The number of aromatic nitrogens is 3. The average Bonchev–Trinajstić information content (AvgIpc) is 3.35. The molecule has 3 heterocycles.